The molecule has 0 aliphatic heterocycles. The SMILES string of the molecule is CC(NC(=O)c1sc2nc(-c3ccncc3)ccc2c1N)C12CC3CC(CC(C3)C1)C2. The molecule has 0 radical (unpaired) electrons. The Morgan fingerprint density at radius 3 is 2.39 bits per heavy atom. The van der Waals surface area contributed by atoms with E-state index < -0.39 is 0 Å². The molecular formula is C25H28N4OS. The van der Waals surface area contributed by atoms with Crippen LogP contribution in [0.25, 0.3) is 21.5 Å². The number of nitrogens with zero attached hydrogens (tertiary/aromatic N) is 2. The molecule has 4 bridgehead atoms. The van der Waals surface area contributed by atoms with Gasteiger partial charge in [0, 0.05) is 29.4 Å². The maximum absolute atomic E-state index is 13.3. The molecule has 1 amide bonds. The normalized spacial score (nSPS) is 29.9. The average Bonchev–Trinajstić information content (AvgIpc) is 3.09. The minimum atomic E-state index is -0.0470. The highest BCUT2D eigenvalue weighted by atomic mass is 32.1. The Kier molecular flexibility index (Phi) is 4.36. The summed E-state index contributed by atoms with van der Waals surface area (Å²) in [4.78, 5) is 23.5. The van der Waals surface area contributed by atoms with Crippen LogP contribution in [-0.2, 0) is 0 Å². The first kappa shape index (κ1) is 19.2. The molecule has 4 saturated carbocycles. The smallest absolute Gasteiger partial charge is 0.263 e. The highest BCUT2D eigenvalue weighted by Gasteiger charge is 2.53. The number of nitrogen functional groups attached to an aromatic ring is 1. The number of fused-ring (bicyclic) bond motifs is 1. The van der Waals surface area contributed by atoms with Gasteiger partial charge in [0.05, 0.1) is 11.4 Å². The van der Waals surface area contributed by atoms with Gasteiger partial charge >= 0.3 is 0 Å². The van der Waals surface area contributed by atoms with E-state index in [1.54, 1.807) is 12.4 Å². The summed E-state index contributed by atoms with van der Waals surface area (Å²) in [5.74, 6) is 2.57. The zero-order valence-electron chi connectivity index (χ0n) is 17.8. The predicted molar refractivity (Wildman–Crippen MR) is 125 cm³/mol. The number of aromatic nitrogens is 2. The lowest BCUT2D eigenvalue weighted by atomic mass is 9.48. The monoisotopic (exact) mass is 432 g/mol. The molecule has 1 unspecified atom stereocenters. The summed E-state index contributed by atoms with van der Waals surface area (Å²) in [6.45, 7) is 2.22. The molecule has 5 nitrogen and oxygen atoms in total. The van der Waals surface area contributed by atoms with Crippen LogP contribution >= 0.6 is 11.3 Å². The van der Waals surface area contributed by atoms with Crippen LogP contribution in [-0.4, -0.2) is 21.9 Å². The molecule has 0 saturated heterocycles. The van der Waals surface area contributed by atoms with Gasteiger partial charge in [0.25, 0.3) is 5.91 Å². The summed E-state index contributed by atoms with van der Waals surface area (Å²) in [5.41, 5.74) is 9.11. The zero-order valence-corrected chi connectivity index (χ0v) is 18.6. The first-order chi connectivity index (χ1) is 15.0. The largest absolute Gasteiger partial charge is 0.397 e. The van der Waals surface area contributed by atoms with Crippen molar-refractivity contribution in [3.8, 4) is 11.3 Å². The van der Waals surface area contributed by atoms with Gasteiger partial charge < -0.3 is 11.1 Å². The number of hydrogen-bond donors (Lipinski definition) is 2. The number of thiophene rings is 1. The van der Waals surface area contributed by atoms with Crippen LogP contribution < -0.4 is 11.1 Å². The number of hydrogen-bond acceptors (Lipinski definition) is 5. The first-order valence-electron chi connectivity index (χ1n) is 11.4. The van der Waals surface area contributed by atoms with Crippen molar-refractivity contribution in [3.05, 3.63) is 41.5 Å². The van der Waals surface area contributed by atoms with E-state index in [1.807, 2.05) is 24.3 Å². The Bertz CT molecular complexity index is 1120. The quantitative estimate of drug-likeness (QED) is 0.588. The van der Waals surface area contributed by atoms with E-state index >= 15 is 0 Å². The maximum Gasteiger partial charge on any atom is 0.263 e. The fourth-order valence-corrected chi connectivity index (χ4v) is 7.97. The van der Waals surface area contributed by atoms with Gasteiger partial charge in [-0.15, -0.1) is 11.3 Å². The highest BCUT2D eigenvalue weighted by Crippen LogP contribution is 2.61. The fourth-order valence-electron chi connectivity index (χ4n) is 6.97. The van der Waals surface area contributed by atoms with E-state index in [-0.39, 0.29) is 17.4 Å². The van der Waals surface area contributed by atoms with Crippen molar-refractivity contribution < 1.29 is 4.79 Å². The van der Waals surface area contributed by atoms with Gasteiger partial charge in [-0.3, -0.25) is 9.78 Å². The van der Waals surface area contributed by atoms with Crippen molar-refractivity contribution in [2.24, 2.45) is 23.2 Å². The van der Waals surface area contributed by atoms with Crippen molar-refractivity contribution in [1.29, 1.82) is 0 Å². The molecular weight excluding hydrogens is 404 g/mol. The van der Waals surface area contributed by atoms with Crippen molar-refractivity contribution >= 4 is 33.1 Å². The molecule has 4 aliphatic carbocycles. The number of rotatable bonds is 4. The lowest BCUT2D eigenvalue weighted by Crippen LogP contribution is -2.55. The van der Waals surface area contributed by atoms with Gasteiger partial charge in [-0.2, -0.15) is 0 Å². The lowest BCUT2D eigenvalue weighted by molar-refractivity contribution is -0.0687. The summed E-state index contributed by atoms with van der Waals surface area (Å²) in [6, 6.07) is 7.99. The number of amides is 1. The number of anilines is 1. The predicted octanol–water partition coefficient (Wildman–Crippen LogP) is 5.28. The summed E-state index contributed by atoms with van der Waals surface area (Å²) >= 11 is 1.40. The number of carbonyl (C=O) groups is 1. The third-order valence-electron chi connectivity index (χ3n) is 8.13. The number of nitrogens with two attached hydrogens (primary N) is 1. The Morgan fingerprint density at radius 2 is 1.74 bits per heavy atom. The average molecular weight is 433 g/mol. The van der Waals surface area contributed by atoms with Gasteiger partial charge in [0.1, 0.15) is 9.71 Å². The second-order valence-corrected chi connectivity index (χ2v) is 11.1. The van der Waals surface area contributed by atoms with Gasteiger partial charge in [-0.1, -0.05) is 0 Å². The summed E-state index contributed by atoms with van der Waals surface area (Å²) < 4.78 is 0. The molecule has 3 aromatic rings. The minimum Gasteiger partial charge on any atom is -0.397 e. The van der Waals surface area contributed by atoms with Crippen molar-refractivity contribution in [1.82, 2.24) is 15.3 Å². The second kappa shape index (κ2) is 7.02. The lowest BCUT2D eigenvalue weighted by Gasteiger charge is -2.59. The number of pyridine rings is 2. The Morgan fingerprint density at radius 1 is 1.10 bits per heavy atom. The molecule has 0 aromatic carbocycles. The minimum absolute atomic E-state index is 0.0470. The Labute approximate surface area is 186 Å². The summed E-state index contributed by atoms with van der Waals surface area (Å²) in [5, 5.41) is 4.21. The third-order valence-corrected chi connectivity index (χ3v) is 9.24. The molecule has 31 heavy (non-hydrogen) atoms. The maximum atomic E-state index is 13.3. The Hall–Kier alpha value is -2.47. The van der Waals surface area contributed by atoms with Gasteiger partial charge in [-0.25, -0.2) is 4.98 Å². The third kappa shape index (κ3) is 3.15. The van der Waals surface area contributed by atoms with Crippen LogP contribution in [0.15, 0.2) is 36.7 Å². The molecule has 0 spiro atoms. The van der Waals surface area contributed by atoms with Gasteiger partial charge in [0.2, 0.25) is 0 Å². The van der Waals surface area contributed by atoms with E-state index in [2.05, 4.69) is 17.2 Å². The number of carbonyl (C=O) groups excluding carboxylic acids is 1. The topological polar surface area (TPSA) is 80.9 Å². The molecule has 160 valence electrons. The van der Waals surface area contributed by atoms with Crippen molar-refractivity contribution in [2.45, 2.75) is 51.5 Å². The molecule has 7 rings (SSSR count). The molecule has 4 aliphatic rings. The molecule has 4 fully saturated rings. The standard InChI is InChI=1S/C25H28N4OS/c1-14(25-11-15-8-16(12-25)10-17(9-15)13-25)28-23(30)22-21(26)19-2-3-20(29-24(19)31-22)18-4-6-27-7-5-18/h2-7,14-17H,8-13,26H2,1H3,(H,28,30). The van der Waals surface area contributed by atoms with Gasteiger partial charge in [0.15, 0.2) is 0 Å². The van der Waals surface area contributed by atoms with Crippen LogP contribution in [0.3, 0.4) is 0 Å². The molecule has 1 atom stereocenters. The Balaban J connectivity index is 1.26. The van der Waals surface area contributed by atoms with Crippen LogP contribution in [0.4, 0.5) is 5.69 Å². The molecule has 6 heteroatoms. The molecule has 3 heterocycles. The second-order valence-electron chi connectivity index (χ2n) is 10.1. The first-order valence-corrected chi connectivity index (χ1v) is 12.2. The summed E-state index contributed by atoms with van der Waals surface area (Å²) in [7, 11) is 0. The van der Waals surface area contributed by atoms with Crippen LogP contribution in [0.1, 0.15) is 55.1 Å². The van der Waals surface area contributed by atoms with E-state index in [1.165, 1.54) is 49.9 Å². The zero-order chi connectivity index (χ0) is 21.2. The van der Waals surface area contributed by atoms with E-state index in [0.717, 1.165) is 39.2 Å². The van der Waals surface area contributed by atoms with Gasteiger partial charge in [-0.05, 0) is 92.9 Å². The van der Waals surface area contributed by atoms with Crippen molar-refractivity contribution in [3.63, 3.8) is 0 Å². The fraction of sp³-hybridized carbons (Fsp3) is 0.480. The van der Waals surface area contributed by atoms with E-state index in [9.17, 15) is 4.79 Å². The summed E-state index contributed by atoms with van der Waals surface area (Å²) in [6.07, 6.45) is 11.6. The van der Waals surface area contributed by atoms with Crippen molar-refractivity contribution in [2.75, 3.05) is 5.73 Å². The van der Waals surface area contributed by atoms with E-state index in [0.29, 0.717) is 10.6 Å². The molecule has 3 aromatic heterocycles. The van der Waals surface area contributed by atoms with Crippen LogP contribution in [0.2, 0.25) is 0 Å². The van der Waals surface area contributed by atoms with Crippen LogP contribution in [0, 0.1) is 23.2 Å². The molecule has 3 N–H and O–H groups in total. The van der Waals surface area contributed by atoms with Crippen LogP contribution in [0.5, 0.6) is 0 Å². The van der Waals surface area contributed by atoms with E-state index in [4.69, 9.17) is 10.7 Å². The highest BCUT2D eigenvalue weighted by molar-refractivity contribution is 7.21. The number of nitrogens with one attached hydrogen (secondary N) is 1.